The van der Waals surface area contributed by atoms with Gasteiger partial charge in [-0.2, -0.15) is 0 Å². The number of esters is 1. The van der Waals surface area contributed by atoms with Gasteiger partial charge in [0, 0.05) is 10.9 Å². The number of ether oxygens (including phenoxy) is 2. The Morgan fingerprint density at radius 2 is 1.72 bits per heavy atom. The van der Waals surface area contributed by atoms with Crippen LogP contribution in [0.3, 0.4) is 0 Å². The van der Waals surface area contributed by atoms with Crippen molar-refractivity contribution in [2.75, 3.05) is 0 Å². The number of halogens is 1. The van der Waals surface area contributed by atoms with E-state index in [9.17, 15) is 9.00 Å². The molecule has 0 fully saturated rings. The minimum Gasteiger partial charge on any atom is -0.489 e. The van der Waals surface area contributed by atoms with E-state index in [-0.39, 0.29) is 24.5 Å². The predicted molar refractivity (Wildman–Crippen MR) is 164 cm³/mol. The van der Waals surface area contributed by atoms with E-state index in [0.29, 0.717) is 18.1 Å². The van der Waals surface area contributed by atoms with Crippen LogP contribution in [0.1, 0.15) is 63.1 Å². The third-order valence-electron chi connectivity index (χ3n) is 5.92. The van der Waals surface area contributed by atoms with Gasteiger partial charge in [0.1, 0.15) is 29.7 Å². The first kappa shape index (κ1) is 29.3. The number of fused-ring (bicyclic) bond motifs is 1. The molecule has 4 rings (SSSR count). The van der Waals surface area contributed by atoms with Gasteiger partial charge in [-0.1, -0.05) is 48.5 Å². The van der Waals surface area contributed by atoms with Crippen LogP contribution in [0.2, 0.25) is 0 Å². The molecule has 0 saturated heterocycles. The van der Waals surface area contributed by atoms with Crippen molar-refractivity contribution in [3.8, 4) is 5.75 Å². The molecule has 6 nitrogen and oxygen atoms in total. The first-order chi connectivity index (χ1) is 18.5. The molecule has 0 aliphatic rings. The lowest BCUT2D eigenvalue weighted by atomic mass is 10.1. The minimum absolute atomic E-state index is 0.153. The summed E-state index contributed by atoms with van der Waals surface area (Å²) in [6.07, 6.45) is -0.0100. The number of carbonyl (C=O) groups excluding carboxylic acids is 1. The number of carbonyl (C=O) groups is 1. The highest BCUT2D eigenvalue weighted by atomic mass is 127. The SMILES string of the molecule is CC(C)OC(=O)Cc1ccccc1OCc1cc(I)c2oc(C(N[S@@](=O)C(C)(C)C)c3ccccc3)cc2c1. The van der Waals surface area contributed by atoms with Gasteiger partial charge < -0.3 is 13.9 Å². The van der Waals surface area contributed by atoms with Gasteiger partial charge in [-0.3, -0.25) is 4.79 Å². The van der Waals surface area contributed by atoms with Crippen LogP contribution in [0.25, 0.3) is 11.0 Å². The molecular formula is C31H34INO5S. The Morgan fingerprint density at radius 3 is 2.41 bits per heavy atom. The Labute approximate surface area is 246 Å². The standard InChI is InChI=1S/C31H34INO5S/c1-20(2)37-28(34)18-23-13-9-10-14-26(23)36-19-21-15-24-17-27(38-30(24)25(32)16-21)29(22-11-7-6-8-12-22)33-39(35)31(3,4)5/h6-17,20,29,33H,18-19H2,1-5H3/t29?,39-/m0/s1. The summed E-state index contributed by atoms with van der Waals surface area (Å²) in [5.74, 6) is 1.06. The lowest BCUT2D eigenvalue weighted by Crippen LogP contribution is -2.36. The van der Waals surface area contributed by atoms with Gasteiger partial charge in [-0.25, -0.2) is 8.93 Å². The van der Waals surface area contributed by atoms with Crippen LogP contribution >= 0.6 is 22.6 Å². The molecule has 39 heavy (non-hydrogen) atoms. The van der Waals surface area contributed by atoms with Crippen LogP contribution in [0.4, 0.5) is 0 Å². The van der Waals surface area contributed by atoms with E-state index in [4.69, 9.17) is 13.9 Å². The first-order valence-corrected chi connectivity index (χ1v) is 15.1. The van der Waals surface area contributed by atoms with Gasteiger partial charge in [0.05, 0.1) is 31.8 Å². The van der Waals surface area contributed by atoms with E-state index in [0.717, 1.165) is 31.2 Å². The molecule has 8 heteroatoms. The fourth-order valence-electron chi connectivity index (χ4n) is 4.05. The summed E-state index contributed by atoms with van der Waals surface area (Å²) in [5, 5.41) is 0.938. The lowest BCUT2D eigenvalue weighted by molar-refractivity contribution is -0.146. The van der Waals surface area contributed by atoms with Crippen LogP contribution in [0.5, 0.6) is 5.75 Å². The zero-order valence-corrected chi connectivity index (χ0v) is 25.8. The molecular weight excluding hydrogens is 625 g/mol. The van der Waals surface area contributed by atoms with Crippen molar-refractivity contribution < 1.29 is 22.9 Å². The van der Waals surface area contributed by atoms with E-state index in [1.165, 1.54) is 0 Å². The summed E-state index contributed by atoms with van der Waals surface area (Å²) in [5.41, 5.74) is 3.50. The lowest BCUT2D eigenvalue weighted by Gasteiger charge is -2.23. The molecule has 206 valence electrons. The summed E-state index contributed by atoms with van der Waals surface area (Å²) in [6, 6.07) is 23.1. The van der Waals surface area contributed by atoms with Gasteiger partial charge in [0.15, 0.2) is 0 Å². The van der Waals surface area contributed by atoms with Crippen molar-refractivity contribution in [3.05, 3.63) is 98.8 Å². The highest BCUT2D eigenvalue weighted by Gasteiger charge is 2.27. The molecule has 0 saturated carbocycles. The average molecular weight is 660 g/mol. The second-order valence-corrected chi connectivity index (χ2v) is 13.8. The number of para-hydroxylation sites is 1. The highest BCUT2D eigenvalue weighted by Crippen LogP contribution is 2.33. The van der Waals surface area contributed by atoms with E-state index < -0.39 is 15.7 Å². The number of rotatable bonds is 10. The van der Waals surface area contributed by atoms with Crippen LogP contribution in [-0.2, 0) is 33.5 Å². The van der Waals surface area contributed by atoms with Crippen molar-refractivity contribution in [1.82, 2.24) is 4.72 Å². The fraction of sp³-hybridized carbons (Fsp3) is 0.323. The van der Waals surface area contributed by atoms with E-state index in [1.807, 2.05) is 107 Å². The molecule has 1 N–H and O–H groups in total. The molecule has 0 radical (unpaired) electrons. The molecule has 3 aromatic carbocycles. The number of benzene rings is 3. The maximum Gasteiger partial charge on any atom is 0.310 e. The van der Waals surface area contributed by atoms with Gasteiger partial charge in [-0.05, 0) is 92.6 Å². The van der Waals surface area contributed by atoms with Gasteiger partial charge in [0.25, 0.3) is 0 Å². The molecule has 1 aromatic heterocycles. The monoisotopic (exact) mass is 659 g/mol. The summed E-state index contributed by atoms with van der Waals surface area (Å²) < 4.78 is 34.6. The third-order valence-corrected chi connectivity index (χ3v) is 8.28. The first-order valence-electron chi connectivity index (χ1n) is 12.9. The minimum atomic E-state index is -1.30. The van der Waals surface area contributed by atoms with Gasteiger partial charge >= 0.3 is 5.97 Å². The molecule has 0 amide bonds. The maximum absolute atomic E-state index is 13.0. The summed E-state index contributed by atoms with van der Waals surface area (Å²) >= 11 is 2.27. The maximum atomic E-state index is 13.0. The zero-order valence-electron chi connectivity index (χ0n) is 22.8. The molecule has 0 aliphatic heterocycles. The second kappa shape index (κ2) is 12.7. The zero-order chi connectivity index (χ0) is 28.2. The predicted octanol–water partition coefficient (Wildman–Crippen LogP) is 7.25. The van der Waals surface area contributed by atoms with Crippen molar-refractivity contribution >= 4 is 50.5 Å². The molecule has 4 aromatic rings. The Hall–Kier alpha value is -2.69. The van der Waals surface area contributed by atoms with E-state index in [1.54, 1.807) is 0 Å². The van der Waals surface area contributed by atoms with E-state index in [2.05, 4.69) is 27.3 Å². The summed E-state index contributed by atoms with van der Waals surface area (Å²) in [4.78, 5) is 12.2. The molecule has 0 bridgehead atoms. The Balaban J connectivity index is 1.59. The average Bonchev–Trinajstić information content (AvgIpc) is 3.30. The van der Waals surface area contributed by atoms with Crippen molar-refractivity contribution in [2.24, 2.45) is 0 Å². The quantitative estimate of drug-likeness (QED) is 0.143. The molecule has 0 aliphatic carbocycles. The smallest absolute Gasteiger partial charge is 0.310 e. The van der Waals surface area contributed by atoms with Crippen molar-refractivity contribution in [3.63, 3.8) is 0 Å². The number of furan rings is 1. The molecule has 1 heterocycles. The number of nitrogens with one attached hydrogen (secondary N) is 1. The van der Waals surface area contributed by atoms with Crippen LogP contribution in [0, 0.1) is 3.57 Å². The molecule has 0 spiro atoms. The largest absolute Gasteiger partial charge is 0.489 e. The summed E-state index contributed by atoms with van der Waals surface area (Å²) in [6.45, 7) is 9.83. The Bertz CT molecular complexity index is 1460. The normalized spacial score (nSPS) is 13.4. The van der Waals surface area contributed by atoms with Gasteiger partial charge in [-0.15, -0.1) is 0 Å². The molecule has 1 unspecified atom stereocenters. The van der Waals surface area contributed by atoms with Crippen LogP contribution in [0.15, 0.2) is 77.2 Å². The summed E-state index contributed by atoms with van der Waals surface area (Å²) in [7, 11) is -1.30. The van der Waals surface area contributed by atoms with Crippen molar-refractivity contribution in [1.29, 1.82) is 0 Å². The van der Waals surface area contributed by atoms with Crippen molar-refractivity contribution in [2.45, 2.75) is 64.5 Å². The number of hydrogen-bond acceptors (Lipinski definition) is 5. The molecule has 2 atom stereocenters. The third kappa shape index (κ3) is 7.70. The van der Waals surface area contributed by atoms with Crippen LogP contribution in [-0.4, -0.2) is 21.0 Å². The highest BCUT2D eigenvalue weighted by molar-refractivity contribution is 14.1. The van der Waals surface area contributed by atoms with Gasteiger partial charge in [0.2, 0.25) is 0 Å². The Kier molecular flexibility index (Phi) is 9.51. The number of hydrogen-bond donors (Lipinski definition) is 1. The second-order valence-electron chi connectivity index (χ2n) is 10.6. The van der Waals surface area contributed by atoms with Crippen LogP contribution < -0.4 is 9.46 Å². The topological polar surface area (TPSA) is 77.8 Å². The van der Waals surface area contributed by atoms with E-state index >= 15 is 0 Å². The Morgan fingerprint density at radius 1 is 1.03 bits per heavy atom. The fourth-order valence-corrected chi connectivity index (χ4v) is 5.69.